The van der Waals surface area contributed by atoms with Crippen LogP contribution >= 0.6 is 0 Å². The molecule has 2 aromatic heterocycles. The Morgan fingerprint density at radius 1 is 0.562 bits per heavy atom. The molecule has 1 aliphatic heterocycles. The van der Waals surface area contributed by atoms with E-state index in [1.807, 2.05) is 0 Å². The largest absolute Gasteiger partial charge is 0.341 e. The normalized spacial score (nSPS) is 18.7. The second-order valence-corrected chi connectivity index (χ2v) is 12.6. The number of carbonyl (C=O) groups excluding carboxylic acids is 3. The standard InChI is InChI=1S/C41H36N4O3/c1-5-44-31(29-15-7-11-25-13-9-17-33(44)36(25)29)23-21-27-19-20-28(35(27)38-39(46)42(3)41(48)43(4)40(38)47)22-24-32-30-16-8-12-26-14-10-18-34(37(26)30)45(32)6-2/h7-18,21-24H,5-6,19-20H2,1-4H3/b27-21-,28-22?,31-23+,32-24+. The molecule has 1 saturated heterocycles. The van der Waals surface area contributed by atoms with Crippen molar-refractivity contribution in [2.75, 3.05) is 14.1 Å². The van der Waals surface area contributed by atoms with E-state index in [4.69, 9.17) is 0 Å². The van der Waals surface area contributed by atoms with Crippen molar-refractivity contribution in [3.63, 3.8) is 0 Å². The molecule has 4 amide bonds. The van der Waals surface area contributed by atoms with Gasteiger partial charge in [-0.25, -0.2) is 4.79 Å². The lowest BCUT2D eigenvalue weighted by Gasteiger charge is -2.30. The van der Waals surface area contributed by atoms with Crippen molar-refractivity contribution in [3.05, 3.63) is 118 Å². The summed E-state index contributed by atoms with van der Waals surface area (Å²) < 4.78 is 4.62. The SMILES string of the molecule is CCn1/c(=C/C=C2CC/C(=C/C=c3\c4cccc5cccc(c54)n3CC)C2=C2C(=O)N(C)C(=O)N(C)C2=O)c2cccc3cccc1c32. The third-order valence-electron chi connectivity index (χ3n) is 10.2. The summed E-state index contributed by atoms with van der Waals surface area (Å²) in [6, 6.07) is 24.9. The molecule has 6 aromatic rings. The number of allylic oxidation sites excluding steroid dienone is 5. The van der Waals surface area contributed by atoms with Gasteiger partial charge in [0.2, 0.25) is 0 Å². The van der Waals surface area contributed by atoms with Crippen molar-refractivity contribution < 1.29 is 14.4 Å². The minimum absolute atomic E-state index is 0.0414. The summed E-state index contributed by atoms with van der Waals surface area (Å²) >= 11 is 0. The summed E-state index contributed by atoms with van der Waals surface area (Å²) in [4.78, 5) is 42.3. The number of carbonyl (C=O) groups is 3. The number of benzene rings is 4. The van der Waals surface area contributed by atoms with Crippen LogP contribution in [0.25, 0.3) is 55.5 Å². The Labute approximate surface area is 278 Å². The molecule has 0 radical (unpaired) electrons. The van der Waals surface area contributed by atoms with Gasteiger partial charge in [-0.05, 0) is 78.5 Å². The lowest BCUT2D eigenvalue weighted by Crippen LogP contribution is -2.53. The fourth-order valence-corrected chi connectivity index (χ4v) is 7.89. The van der Waals surface area contributed by atoms with Gasteiger partial charge in [0, 0.05) is 70.5 Å². The zero-order chi connectivity index (χ0) is 33.3. The van der Waals surface area contributed by atoms with Crippen LogP contribution in [0, 0.1) is 0 Å². The van der Waals surface area contributed by atoms with E-state index >= 15 is 0 Å². The van der Waals surface area contributed by atoms with E-state index in [0.29, 0.717) is 18.4 Å². The minimum Gasteiger partial charge on any atom is -0.341 e. The number of imide groups is 2. The molecule has 7 heteroatoms. The molecule has 0 unspecified atom stereocenters. The molecule has 1 aliphatic carbocycles. The van der Waals surface area contributed by atoms with Gasteiger partial charge in [-0.2, -0.15) is 0 Å². The van der Waals surface area contributed by atoms with Crippen LogP contribution in [0.5, 0.6) is 0 Å². The van der Waals surface area contributed by atoms with Gasteiger partial charge in [0.05, 0.1) is 0 Å². The highest BCUT2D eigenvalue weighted by molar-refractivity contribution is 6.29. The van der Waals surface area contributed by atoms with E-state index < -0.39 is 17.8 Å². The molecule has 238 valence electrons. The topological polar surface area (TPSA) is 67.6 Å². The monoisotopic (exact) mass is 632 g/mol. The Morgan fingerprint density at radius 3 is 1.40 bits per heavy atom. The molecule has 4 aromatic carbocycles. The maximum absolute atomic E-state index is 13.7. The van der Waals surface area contributed by atoms with E-state index in [0.717, 1.165) is 44.7 Å². The van der Waals surface area contributed by atoms with Crippen LogP contribution in [0.15, 0.2) is 107 Å². The maximum atomic E-state index is 13.7. The summed E-state index contributed by atoms with van der Waals surface area (Å²) in [6.07, 6.45) is 9.71. The zero-order valence-corrected chi connectivity index (χ0v) is 27.6. The van der Waals surface area contributed by atoms with Gasteiger partial charge in [-0.15, -0.1) is 0 Å². The summed E-state index contributed by atoms with van der Waals surface area (Å²) in [5.41, 5.74) is 4.84. The Hall–Kier alpha value is -5.69. The highest BCUT2D eigenvalue weighted by atomic mass is 16.2. The van der Waals surface area contributed by atoms with Gasteiger partial charge >= 0.3 is 6.03 Å². The molecule has 8 rings (SSSR count). The number of likely N-dealkylation sites (N-methyl/N-ethyl adjacent to an activating group) is 2. The molecule has 0 bridgehead atoms. The molecular weight excluding hydrogens is 596 g/mol. The van der Waals surface area contributed by atoms with E-state index in [1.54, 1.807) is 0 Å². The van der Waals surface area contributed by atoms with Crippen molar-refractivity contribution in [1.29, 1.82) is 0 Å². The molecule has 3 heterocycles. The zero-order valence-electron chi connectivity index (χ0n) is 27.6. The Balaban J connectivity index is 1.37. The van der Waals surface area contributed by atoms with Gasteiger partial charge in [-0.1, -0.05) is 72.8 Å². The quantitative estimate of drug-likeness (QED) is 0.162. The first-order chi connectivity index (χ1) is 23.3. The molecule has 2 fully saturated rings. The van der Waals surface area contributed by atoms with Gasteiger partial charge in [-0.3, -0.25) is 19.4 Å². The third kappa shape index (κ3) is 4.23. The first kappa shape index (κ1) is 29.7. The molecule has 2 aliphatic rings. The van der Waals surface area contributed by atoms with E-state index in [9.17, 15) is 14.4 Å². The number of hydrogen-bond acceptors (Lipinski definition) is 3. The molecule has 7 nitrogen and oxygen atoms in total. The van der Waals surface area contributed by atoms with Crippen molar-refractivity contribution in [2.45, 2.75) is 39.8 Å². The van der Waals surface area contributed by atoms with E-state index in [2.05, 4.69) is 120 Å². The molecule has 1 saturated carbocycles. The van der Waals surface area contributed by atoms with Crippen molar-refractivity contribution >= 4 is 73.3 Å². The van der Waals surface area contributed by atoms with E-state index in [-0.39, 0.29) is 5.57 Å². The smallest absolute Gasteiger partial charge is 0.333 e. The number of aryl methyl sites for hydroxylation is 2. The minimum atomic E-state index is -0.626. The summed E-state index contributed by atoms with van der Waals surface area (Å²) in [7, 11) is 2.87. The lowest BCUT2D eigenvalue weighted by atomic mass is 9.95. The van der Waals surface area contributed by atoms with Crippen LogP contribution in [0.2, 0.25) is 0 Å². The predicted octanol–water partition coefficient (Wildman–Crippen LogP) is 6.63. The van der Waals surface area contributed by atoms with Crippen LogP contribution in [-0.2, 0) is 22.7 Å². The fraction of sp³-hybridized carbons (Fsp3) is 0.195. The van der Waals surface area contributed by atoms with Crippen LogP contribution in [-0.4, -0.2) is 50.9 Å². The second-order valence-electron chi connectivity index (χ2n) is 12.6. The van der Waals surface area contributed by atoms with Crippen molar-refractivity contribution in [3.8, 4) is 0 Å². The summed E-state index contributed by atoms with van der Waals surface area (Å²) in [5, 5.41) is 9.36. The third-order valence-corrected chi connectivity index (χ3v) is 10.2. The highest BCUT2D eigenvalue weighted by Gasteiger charge is 2.41. The predicted molar refractivity (Wildman–Crippen MR) is 193 cm³/mol. The molecule has 0 atom stereocenters. The summed E-state index contributed by atoms with van der Waals surface area (Å²) in [5.74, 6) is -1.14. The average Bonchev–Trinajstić information content (AvgIpc) is 3.76. The van der Waals surface area contributed by atoms with Gasteiger partial charge in [0.1, 0.15) is 5.57 Å². The molecule has 0 spiro atoms. The van der Waals surface area contributed by atoms with Crippen LogP contribution in [0.4, 0.5) is 4.79 Å². The molecule has 48 heavy (non-hydrogen) atoms. The maximum Gasteiger partial charge on any atom is 0.333 e. The number of barbiturate groups is 1. The second kappa shape index (κ2) is 11.2. The lowest BCUT2D eigenvalue weighted by molar-refractivity contribution is -0.134. The first-order valence-corrected chi connectivity index (χ1v) is 16.6. The van der Waals surface area contributed by atoms with Gasteiger partial charge < -0.3 is 9.13 Å². The average molecular weight is 633 g/mol. The fourth-order valence-electron chi connectivity index (χ4n) is 7.89. The van der Waals surface area contributed by atoms with Crippen LogP contribution in [0.1, 0.15) is 26.7 Å². The number of urea groups is 1. The Kier molecular flexibility index (Phi) is 6.95. The number of nitrogens with zero attached hydrogens (tertiary/aromatic N) is 4. The number of aromatic nitrogens is 2. The van der Waals surface area contributed by atoms with Crippen LogP contribution < -0.4 is 10.7 Å². The molecular formula is C41H36N4O3. The van der Waals surface area contributed by atoms with E-state index in [1.165, 1.54) is 57.4 Å². The molecule has 0 N–H and O–H groups in total. The number of rotatable bonds is 4. The Bertz CT molecular complexity index is 2390. The number of amides is 4. The van der Waals surface area contributed by atoms with Crippen LogP contribution in [0.3, 0.4) is 0 Å². The summed E-state index contributed by atoms with van der Waals surface area (Å²) in [6.45, 7) is 5.89. The van der Waals surface area contributed by atoms with Crippen molar-refractivity contribution in [1.82, 2.24) is 18.9 Å². The highest BCUT2D eigenvalue weighted by Crippen LogP contribution is 2.40. The number of hydrogen-bond donors (Lipinski definition) is 0. The van der Waals surface area contributed by atoms with Crippen molar-refractivity contribution in [2.24, 2.45) is 0 Å². The Morgan fingerprint density at radius 2 is 0.979 bits per heavy atom. The van der Waals surface area contributed by atoms with Gasteiger partial charge in [0.25, 0.3) is 11.8 Å². The first-order valence-electron chi connectivity index (χ1n) is 16.6. The van der Waals surface area contributed by atoms with Gasteiger partial charge in [0.15, 0.2) is 0 Å².